The van der Waals surface area contributed by atoms with E-state index in [1.54, 1.807) is 10.8 Å². The number of rotatable bonds is 5. The molecule has 0 bridgehead atoms. The first-order valence-electron chi connectivity index (χ1n) is 10.8. The molecule has 3 aromatic heterocycles. The Labute approximate surface area is 177 Å². The number of fused-ring (bicyclic) bond motifs is 1. The Kier molecular flexibility index (Phi) is 5.60. The minimum atomic E-state index is -0.0772. The molecule has 3 aromatic rings. The SMILES string of the molecule is Cc1cc(-c2n[nH]c(C(=O)N[C@@H]3CCCN(C(C)C)C3)c2C(C)C)cn2ncnc12. The Balaban J connectivity index is 1.63. The number of piperidine rings is 1. The molecule has 1 aliphatic heterocycles. The molecule has 0 unspecified atom stereocenters. The summed E-state index contributed by atoms with van der Waals surface area (Å²) >= 11 is 0. The standard InChI is InChI=1S/C22H31N7O/c1-13(2)18-19(16-9-15(5)21-23-12-24-29(21)10-16)26-27-20(18)22(30)25-17-7-6-8-28(11-17)14(3)4/h9-10,12-14,17H,6-8,11H2,1-5H3,(H,25,30)(H,26,27)/t17-/m1/s1. The number of carbonyl (C=O) groups is 1. The molecule has 0 saturated carbocycles. The zero-order valence-electron chi connectivity index (χ0n) is 18.4. The smallest absolute Gasteiger partial charge is 0.269 e. The number of pyridine rings is 1. The van der Waals surface area contributed by atoms with Crippen LogP contribution >= 0.6 is 0 Å². The lowest BCUT2D eigenvalue weighted by Crippen LogP contribution is -2.49. The van der Waals surface area contributed by atoms with Crippen molar-refractivity contribution in [2.45, 2.75) is 65.5 Å². The molecule has 4 rings (SSSR count). The maximum atomic E-state index is 13.2. The molecule has 0 spiro atoms. The lowest BCUT2D eigenvalue weighted by molar-refractivity contribution is 0.0880. The van der Waals surface area contributed by atoms with E-state index in [9.17, 15) is 4.79 Å². The van der Waals surface area contributed by atoms with Crippen molar-refractivity contribution in [1.82, 2.24) is 35.0 Å². The van der Waals surface area contributed by atoms with Gasteiger partial charge in [0.25, 0.3) is 5.91 Å². The summed E-state index contributed by atoms with van der Waals surface area (Å²) in [5, 5.41) is 15.1. The van der Waals surface area contributed by atoms with Gasteiger partial charge in [0.2, 0.25) is 0 Å². The molecule has 4 heterocycles. The van der Waals surface area contributed by atoms with Gasteiger partial charge < -0.3 is 5.32 Å². The lowest BCUT2D eigenvalue weighted by Gasteiger charge is -2.35. The van der Waals surface area contributed by atoms with Crippen LogP contribution < -0.4 is 5.32 Å². The third kappa shape index (κ3) is 3.84. The van der Waals surface area contributed by atoms with Gasteiger partial charge in [0.05, 0.1) is 5.69 Å². The van der Waals surface area contributed by atoms with Gasteiger partial charge in [-0.05, 0) is 57.7 Å². The largest absolute Gasteiger partial charge is 0.347 e. The van der Waals surface area contributed by atoms with Crippen LogP contribution in [0.3, 0.4) is 0 Å². The van der Waals surface area contributed by atoms with E-state index in [2.05, 4.69) is 64.3 Å². The van der Waals surface area contributed by atoms with Crippen LogP contribution in [0.15, 0.2) is 18.6 Å². The second-order valence-corrected chi connectivity index (χ2v) is 8.86. The fraction of sp³-hybridized carbons (Fsp3) is 0.545. The van der Waals surface area contributed by atoms with E-state index in [1.165, 1.54) is 0 Å². The lowest BCUT2D eigenvalue weighted by atomic mass is 9.96. The number of H-pyrrole nitrogens is 1. The second kappa shape index (κ2) is 8.18. The van der Waals surface area contributed by atoms with Crippen LogP contribution in [0.2, 0.25) is 0 Å². The second-order valence-electron chi connectivity index (χ2n) is 8.86. The van der Waals surface area contributed by atoms with Crippen molar-refractivity contribution in [1.29, 1.82) is 0 Å². The molecule has 30 heavy (non-hydrogen) atoms. The third-order valence-corrected chi connectivity index (χ3v) is 5.96. The van der Waals surface area contributed by atoms with E-state index in [4.69, 9.17) is 0 Å². The van der Waals surface area contributed by atoms with Crippen LogP contribution in [0.4, 0.5) is 0 Å². The van der Waals surface area contributed by atoms with Crippen LogP contribution in [-0.2, 0) is 0 Å². The predicted octanol–water partition coefficient (Wildman–Crippen LogP) is 3.15. The number of aromatic nitrogens is 5. The average molecular weight is 410 g/mol. The monoisotopic (exact) mass is 409 g/mol. The number of carbonyl (C=O) groups excluding carboxylic acids is 1. The molecule has 0 radical (unpaired) electrons. The minimum absolute atomic E-state index is 0.0772. The first kappa shape index (κ1) is 20.5. The van der Waals surface area contributed by atoms with Crippen molar-refractivity contribution < 1.29 is 4.79 Å². The predicted molar refractivity (Wildman–Crippen MR) is 117 cm³/mol. The van der Waals surface area contributed by atoms with Gasteiger partial charge in [0.1, 0.15) is 12.0 Å². The van der Waals surface area contributed by atoms with Gasteiger partial charge in [-0.25, -0.2) is 9.50 Å². The highest BCUT2D eigenvalue weighted by Crippen LogP contribution is 2.31. The number of hydrogen-bond donors (Lipinski definition) is 2. The molecule has 1 aliphatic rings. The van der Waals surface area contributed by atoms with Crippen molar-refractivity contribution in [2.24, 2.45) is 0 Å². The Morgan fingerprint density at radius 3 is 2.83 bits per heavy atom. The zero-order chi connectivity index (χ0) is 21.4. The van der Waals surface area contributed by atoms with E-state index >= 15 is 0 Å². The van der Waals surface area contributed by atoms with Crippen molar-refractivity contribution in [3.63, 3.8) is 0 Å². The van der Waals surface area contributed by atoms with E-state index in [0.717, 1.165) is 54.0 Å². The molecule has 1 saturated heterocycles. The van der Waals surface area contributed by atoms with E-state index in [-0.39, 0.29) is 17.9 Å². The van der Waals surface area contributed by atoms with Gasteiger partial charge >= 0.3 is 0 Å². The number of amides is 1. The highest BCUT2D eigenvalue weighted by molar-refractivity contribution is 5.96. The third-order valence-electron chi connectivity index (χ3n) is 5.96. The summed E-state index contributed by atoms with van der Waals surface area (Å²) in [6.45, 7) is 12.6. The Bertz CT molecular complexity index is 1050. The fourth-order valence-corrected chi connectivity index (χ4v) is 4.38. The molecule has 1 atom stereocenters. The first-order chi connectivity index (χ1) is 14.3. The first-order valence-corrected chi connectivity index (χ1v) is 10.8. The number of nitrogens with zero attached hydrogens (tertiary/aromatic N) is 5. The van der Waals surface area contributed by atoms with Crippen molar-refractivity contribution >= 4 is 11.6 Å². The molecule has 0 aliphatic carbocycles. The van der Waals surface area contributed by atoms with Gasteiger partial charge in [0, 0.05) is 36.0 Å². The van der Waals surface area contributed by atoms with Gasteiger partial charge in [-0.15, -0.1) is 0 Å². The van der Waals surface area contributed by atoms with Gasteiger partial charge in [-0.2, -0.15) is 10.2 Å². The summed E-state index contributed by atoms with van der Waals surface area (Å²) in [5.41, 5.74) is 5.05. The summed E-state index contributed by atoms with van der Waals surface area (Å²) in [5.74, 6) is 0.0661. The van der Waals surface area contributed by atoms with Gasteiger partial charge in [-0.3, -0.25) is 14.8 Å². The molecular formula is C22H31N7O. The Hall–Kier alpha value is -2.74. The molecule has 8 nitrogen and oxygen atoms in total. The minimum Gasteiger partial charge on any atom is -0.347 e. The summed E-state index contributed by atoms with van der Waals surface area (Å²) < 4.78 is 1.76. The zero-order valence-corrected chi connectivity index (χ0v) is 18.4. The van der Waals surface area contributed by atoms with Crippen molar-refractivity contribution in [3.8, 4) is 11.3 Å². The molecule has 0 aromatic carbocycles. The molecule has 2 N–H and O–H groups in total. The van der Waals surface area contributed by atoms with Gasteiger partial charge in [-0.1, -0.05) is 13.8 Å². The summed E-state index contributed by atoms with van der Waals surface area (Å²) in [7, 11) is 0. The van der Waals surface area contributed by atoms with Crippen LogP contribution in [0.1, 0.15) is 68.1 Å². The number of aryl methyl sites for hydroxylation is 1. The topological polar surface area (TPSA) is 91.2 Å². The quantitative estimate of drug-likeness (QED) is 0.675. The van der Waals surface area contributed by atoms with Crippen LogP contribution in [0, 0.1) is 6.92 Å². The number of nitrogens with one attached hydrogen (secondary N) is 2. The van der Waals surface area contributed by atoms with Crippen LogP contribution in [0.5, 0.6) is 0 Å². The highest BCUT2D eigenvalue weighted by atomic mass is 16.2. The van der Waals surface area contributed by atoms with Crippen LogP contribution in [-0.4, -0.2) is 60.8 Å². The molecule has 1 amide bonds. The number of hydrogen-bond acceptors (Lipinski definition) is 5. The highest BCUT2D eigenvalue weighted by Gasteiger charge is 2.27. The van der Waals surface area contributed by atoms with Crippen molar-refractivity contribution in [2.75, 3.05) is 13.1 Å². The Morgan fingerprint density at radius 2 is 2.10 bits per heavy atom. The fourth-order valence-electron chi connectivity index (χ4n) is 4.38. The summed E-state index contributed by atoms with van der Waals surface area (Å²) in [6.07, 6.45) is 5.57. The van der Waals surface area contributed by atoms with Crippen LogP contribution in [0.25, 0.3) is 16.9 Å². The molecule has 8 heteroatoms. The molecular weight excluding hydrogens is 378 g/mol. The maximum absolute atomic E-state index is 13.2. The van der Waals surface area contributed by atoms with Gasteiger partial charge in [0.15, 0.2) is 5.65 Å². The summed E-state index contributed by atoms with van der Waals surface area (Å²) in [4.78, 5) is 19.9. The van der Waals surface area contributed by atoms with Crippen molar-refractivity contribution in [3.05, 3.63) is 35.4 Å². The molecule has 1 fully saturated rings. The summed E-state index contributed by atoms with van der Waals surface area (Å²) in [6, 6.07) is 2.70. The number of likely N-dealkylation sites (tertiary alicyclic amines) is 1. The normalized spacial score (nSPS) is 17.9. The van der Waals surface area contributed by atoms with E-state index in [1.807, 2.05) is 13.1 Å². The number of aromatic amines is 1. The maximum Gasteiger partial charge on any atom is 0.269 e. The van der Waals surface area contributed by atoms with E-state index < -0.39 is 0 Å². The molecule has 160 valence electrons. The average Bonchev–Trinajstić information content (AvgIpc) is 3.35. The Morgan fingerprint density at radius 1 is 1.30 bits per heavy atom. The van der Waals surface area contributed by atoms with E-state index in [0.29, 0.717) is 11.7 Å².